The van der Waals surface area contributed by atoms with E-state index >= 15 is 0 Å². The topological polar surface area (TPSA) is 23.5 Å². The minimum absolute atomic E-state index is 0.0440. The van der Waals surface area contributed by atoms with Crippen molar-refractivity contribution in [2.45, 2.75) is 51.3 Å². The molecule has 2 nitrogen and oxygen atoms in total. The lowest BCUT2D eigenvalue weighted by Crippen LogP contribution is -2.57. The van der Waals surface area contributed by atoms with E-state index in [0.29, 0.717) is 6.04 Å². The van der Waals surface area contributed by atoms with Gasteiger partial charge in [0.15, 0.2) is 0 Å². The van der Waals surface area contributed by atoms with Gasteiger partial charge in [-0.05, 0) is 40.7 Å². The maximum Gasteiger partial charge on any atom is 0.0719 e. The first kappa shape index (κ1) is 9.01. The molecule has 2 atom stereocenters. The lowest BCUT2D eigenvalue weighted by molar-refractivity contribution is -0.0540. The lowest BCUT2D eigenvalue weighted by Gasteiger charge is -2.47. The van der Waals surface area contributed by atoms with Crippen molar-refractivity contribution in [3.05, 3.63) is 0 Å². The van der Waals surface area contributed by atoms with E-state index < -0.39 is 0 Å². The second-order valence-electron chi connectivity index (χ2n) is 4.21. The first-order valence-electron chi connectivity index (χ1n) is 4.37. The molecule has 1 rings (SSSR count). The fourth-order valence-electron chi connectivity index (χ4n) is 1.75. The lowest BCUT2D eigenvalue weighted by atomic mass is 9.85. The quantitative estimate of drug-likeness (QED) is 0.572. The molecule has 1 fully saturated rings. The third-order valence-corrected chi connectivity index (χ3v) is 3.24. The van der Waals surface area contributed by atoms with Crippen LogP contribution < -0.4 is 0 Å². The molecule has 1 heterocycles. The Balaban J connectivity index is 2.72. The van der Waals surface area contributed by atoms with Crippen LogP contribution >= 0.6 is 0 Å². The Morgan fingerprint density at radius 1 is 1.36 bits per heavy atom. The van der Waals surface area contributed by atoms with Crippen LogP contribution in [0.3, 0.4) is 0 Å². The molecule has 1 saturated heterocycles. The molecule has 0 saturated carbocycles. The highest BCUT2D eigenvalue weighted by atomic mass is 16.3. The third-order valence-electron chi connectivity index (χ3n) is 3.24. The summed E-state index contributed by atoms with van der Waals surface area (Å²) in [6.07, 6.45) is 1.89. The Kier molecular flexibility index (Phi) is 2.26. The van der Waals surface area contributed by atoms with Gasteiger partial charge in [0, 0.05) is 11.6 Å². The minimum atomic E-state index is -0.163. The zero-order valence-corrected chi connectivity index (χ0v) is 7.96. The number of rotatable bonds is 0. The van der Waals surface area contributed by atoms with Gasteiger partial charge in [0.05, 0.1) is 6.10 Å². The number of hydrogen-bond acceptors (Lipinski definition) is 2. The van der Waals surface area contributed by atoms with Gasteiger partial charge in [-0.25, -0.2) is 0 Å². The van der Waals surface area contributed by atoms with Gasteiger partial charge < -0.3 is 5.11 Å². The first-order valence-corrected chi connectivity index (χ1v) is 4.37. The normalized spacial score (nSPS) is 39.0. The van der Waals surface area contributed by atoms with E-state index in [4.69, 9.17) is 0 Å². The smallest absolute Gasteiger partial charge is 0.0719 e. The van der Waals surface area contributed by atoms with Crippen molar-refractivity contribution >= 4 is 0 Å². The maximum atomic E-state index is 9.68. The monoisotopic (exact) mass is 157 g/mol. The number of nitrogens with zero attached hydrogens (tertiary/aromatic N) is 1. The SMILES string of the molecule is CC1CCC(O)C(C)(C)N1C. The summed E-state index contributed by atoms with van der Waals surface area (Å²) in [5.74, 6) is 0. The number of hydrogen-bond donors (Lipinski definition) is 1. The summed E-state index contributed by atoms with van der Waals surface area (Å²) in [7, 11) is 2.09. The van der Waals surface area contributed by atoms with E-state index in [0.717, 1.165) is 12.8 Å². The van der Waals surface area contributed by atoms with Crippen LogP contribution in [0.1, 0.15) is 33.6 Å². The largest absolute Gasteiger partial charge is 0.391 e. The molecular formula is C9H19NO. The molecule has 0 bridgehead atoms. The van der Waals surface area contributed by atoms with Crippen LogP contribution in [0.2, 0.25) is 0 Å². The molecule has 0 aliphatic carbocycles. The van der Waals surface area contributed by atoms with Crippen molar-refractivity contribution in [2.75, 3.05) is 7.05 Å². The highest BCUT2D eigenvalue weighted by Crippen LogP contribution is 2.29. The first-order chi connectivity index (χ1) is 4.96. The van der Waals surface area contributed by atoms with Gasteiger partial charge in [0.1, 0.15) is 0 Å². The summed E-state index contributed by atoms with van der Waals surface area (Å²) in [5, 5.41) is 9.68. The molecule has 11 heavy (non-hydrogen) atoms. The highest BCUT2D eigenvalue weighted by molar-refractivity contribution is 4.93. The Morgan fingerprint density at radius 3 is 2.36 bits per heavy atom. The van der Waals surface area contributed by atoms with Crippen molar-refractivity contribution < 1.29 is 5.11 Å². The summed E-state index contributed by atoms with van der Waals surface area (Å²) in [6, 6.07) is 0.605. The van der Waals surface area contributed by atoms with Gasteiger partial charge in [-0.3, -0.25) is 4.90 Å². The van der Waals surface area contributed by atoms with Gasteiger partial charge in [-0.1, -0.05) is 0 Å². The molecule has 2 unspecified atom stereocenters. The molecule has 0 radical (unpaired) electrons. The van der Waals surface area contributed by atoms with Crippen LogP contribution in [0.5, 0.6) is 0 Å². The average Bonchev–Trinajstić information content (AvgIpc) is 1.95. The van der Waals surface area contributed by atoms with Crippen LogP contribution in [0.4, 0.5) is 0 Å². The van der Waals surface area contributed by atoms with Crippen LogP contribution in [0.15, 0.2) is 0 Å². The van der Waals surface area contributed by atoms with E-state index in [9.17, 15) is 5.11 Å². The molecule has 0 aromatic heterocycles. The van der Waals surface area contributed by atoms with Crippen molar-refractivity contribution in [3.63, 3.8) is 0 Å². The van der Waals surface area contributed by atoms with Gasteiger partial charge >= 0.3 is 0 Å². The Bertz CT molecular complexity index is 144. The minimum Gasteiger partial charge on any atom is -0.391 e. The molecule has 2 heteroatoms. The Morgan fingerprint density at radius 2 is 1.91 bits per heavy atom. The fraction of sp³-hybridized carbons (Fsp3) is 1.00. The van der Waals surface area contributed by atoms with Crippen molar-refractivity contribution in [1.29, 1.82) is 0 Å². The second kappa shape index (κ2) is 2.76. The van der Waals surface area contributed by atoms with Gasteiger partial charge in [0.25, 0.3) is 0 Å². The van der Waals surface area contributed by atoms with Crippen molar-refractivity contribution in [2.24, 2.45) is 0 Å². The number of likely N-dealkylation sites (N-methyl/N-ethyl adjacent to an activating group) is 1. The van der Waals surface area contributed by atoms with Crippen LogP contribution in [0.25, 0.3) is 0 Å². The maximum absolute atomic E-state index is 9.68. The van der Waals surface area contributed by atoms with Crippen LogP contribution in [-0.2, 0) is 0 Å². The number of aliphatic hydroxyl groups is 1. The summed E-state index contributed by atoms with van der Waals surface area (Å²) in [4.78, 5) is 2.27. The average molecular weight is 157 g/mol. The summed E-state index contributed by atoms with van der Waals surface area (Å²) < 4.78 is 0. The molecule has 0 aromatic carbocycles. The van der Waals surface area contributed by atoms with E-state index in [2.05, 4.69) is 32.7 Å². The molecule has 1 aliphatic heterocycles. The van der Waals surface area contributed by atoms with Crippen LogP contribution in [0, 0.1) is 0 Å². The molecular weight excluding hydrogens is 138 g/mol. The molecule has 0 spiro atoms. The fourth-order valence-corrected chi connectivity index (χ4v) is 1.75. The van der Waals surface area contributed by atoms with E-state index in [-0.39, 0.29) is 11.6 Å². The van der Waals surface area contributed by atoms with Crippen molar-refractivity contribution in [1.82, 2.24) is 4.90 Å². The Hall–Kier alpha value is -0.0800. The van der Waals surface area contributed by atoms with E-state index in [1.165, 1.54) is 0 Å². The van der Waals surface area contributed by atoms with Gasteiger partial charge in [0.2, 0.25) is 0 Å². The number of likely N-dealkylation sites (tertiary alicyclic amines) is 1. The molecule has 1 aliphatic rings. The standard InChI is InChI=1S/C9H19NO/c1-7-5-6-8(11)9(2,3)10(7)4/h7-8,11H,5-6H2,1-4H3. The predicted molar refractivity (Wildman–Crippen MR) is 46.5 cm³/mol. The summed E-state index contributed by atoms with van der Waals surface area (Å²) in [6.45, 7) is 6.42. The highest BCUT2D eigenvalue weighted by Gasteiger charge is 2.38. The summed E-state index contributed by atoms with van der Waals surface area (Å²) in [5.41, 5.74) is -0.0440. The molecule has 66 valence electrons. The van der Waals surface area contributed by atoms with Gasteiger partial charge in [-0.2, -0.15) is 0 Å². The number of piperidine rings is 1. The van der Waals surface area contributed by atoms with Crippen molar-refractivity contribution in [3.8, 4) is 0 Å². The summed E-state index contributed by atoms with van der Waals surface area (Å²) >= 11 is 0. The molecule has 0 aromatic rings. The zero-order valence-electron chi connectivity index (χ0n) is 7.96. The van der Waals surface area contributed by atoms with E-state index in [1.54, 1.807) is 0 Å². The molecule has 0 amide bonds. The van der Waals surface area contributed by atoms with Gasteiger partial charge in [-0.15, -0.1) is 0 Å². The zero-order chi connectivity index (χ0) is 8.65. The second-order valence-corrected chi connectivity index (χ2v) is 4.21. The predicted octanol–water partition coefficient (Wildman–Crippen LogP) is 1.24. The van der Waals surface area contributed by atoms with E-state index in [1.807, 2.05) is 0 Å². The number of aliphatic hydroxyl groups excluding tert-OH is 1. The molecule has 1 N–H and O–H groups in total. The Labute approximate surface area is 69.2 Å². The van der Waals surface area contributed by atoms with Crippen LogP contribution in [-0.4, -0.2) is 34.7 Å². The third kappa shape index (κ3) is 1.42.